The second kappa shape index (κ2) is 11.4. The van der Waals surface area contributed by atoms with Crippen molar-refractivity contribution in [1.82, 2.24) is 21.3 Å². The fraction of sp³-hybridized carbons (Fsp3) is 0.524. The number of carboxylic acid groups (broad SMARTS) is 1. The van der Waals surface area contributed by atoms with E-state index in [1.165, 1.54) is 13.8 Å². The van der Waals surface area contributed by atoms with E-state index in [9.17, 15) is 24.3 Å². The second-order valence-electron chi connectivity index (χ2n) is 7.70. The molecule has 0 aliphatic carbocycles. The van der Waals surface area contributed by atoms with E-state index in [2.05, 4.69) is 21.3 Å². The van der Waals surface area contributed by atoms with E-state index in [1.54, 1.807) is 30.3 Å². The van der Waals surface area contributed by atoms with Gasteiger partial charge in [0.25, 0.3) is 0 Å². The summed E-state index contributed by atoms with van der Waals surface area (Å²) in [5, 5.41) is 29.6. The van der Waals surface area contributed by atoms with Crippen LogP contribution >= 0.6 is 0 Å². The molecule has 10 heteroatoms. The third kappa shape index (κ3) is 7.34. The first-order chi connectivity index (χ1) is 14.7. The highest BCUT2D eigenvalue weighted by Gasteiger charge is 2.33. The third-order valence-electron chi connectivity index (χ3n) is 5.08. The molecule has 0 aromatic heterocycles. The maximum atomic E-state index is 12.9. The number of carbonyl (C=O) groups is 4. The fourth-order valence-electron chi connectivity index (χ4n) is 3.26. The average molecular weight is 434 g/mol. The van der Waals surface area contributed by atoms with Crippen molar-refractivity contribution >= 4 is 23.7 Å². The minimum atomic E-state index is -1.27. The van der Waals surface area contributed by atoms with Crippen molar-refractivity contribution in [3.05, 3.63) is 35.9 Å². The fourth-order valence-corrected chi connectivity index (χ4v) is 3.26. The number of rotatable bonds is 10. The van der Waals surface area contributed by atoms with Gasteiger partial charge in [0, 0.05) is 6.42 Å². The van der Waals surface area contributed by atoms with Crippen molar-refractivity contribution in [2.75, 3.05) is 6.54 Å². The Morgan fingerprint density at radius 1 is 1.06 bits per heavy atom. The van der Waals surface area contributed by atoms with Gasteiger partial charge in [-0.1, -0.05) is 30.3 Å². The van der Waals surface area contributed by atoms with Crippen molar-refractivity contribution in [2.24, 2.45) is 0 Å². The van der Waals surface area contributed by atoms with Crippen molar-refractivity contribution in [1.29, 1.82) is 0 Å². The summed E-state index contributed by atoms with van der Waals surface area (Å²) < 4.78 is 0. The minimum Gasteiger partial charge on any atom is -0.480 e. The Labute approximate surface area is 180 Å². The first-order valence-electron chi connectivity index (χ1n) is 10.3. The molecule has 0 saturated carbocycles. The molecular formula is C21H30N4O6. The van der Waals surface area contributed by atoms with Crippen LogP contribution in [0.25, 0.3) is 0 Å². The molecule has 6 N–H and O–H groups in total. The molecule has 1 aromatic carbocycles. The molecule has 0 spiro atoms. The third-order valence-corrected chi connectivity index (χ3v) is 5.08. The van der Waals surface area contributed by atoms with Gasteiger partial charge in [-0.05, 0) is 38.8 Å². The number of amides is 3. The molecule has 1 heterocycles. The quantitative estimate of drug-likeness (QED) is 0.273. The summed E-state index contributed by atoms with van der Waals surface area (Å²) in [5.74, 6) is -3.03. The van der Waals surface area contributed by atoms with Gasteiger partial charge >= 0.3 is 5.97 Å². The first kappa shape index (κ1) is 24.3. The highest BCUT2D eigenvalue weighted by atomic mass is 16.4. The van der Waals surface area contributed by atoms with Gasteiger partial charge in [-0.3, -0.25) is 19.2 Å². The number of aliphatic hydroxyl groups is 1. The minimum absolute atomic E-state index is 0.107. The maximum absolute atomic E-state index is 12.9. The molecule has 2 rings (SSSR count). The highest BCUT2D eigenvalue weighted by Crippen LogP contribution is 2.08. The Bertz CT molecular complexity index is 779. The number of carbonyl (C=O) groups excluding carboxylic acids is 3. The highest BCUT2D eigenvalue weighted by molar-refractivity contribution is 5.94. The summed E-state index contributed by atoms with van der Waals surface area (Å²) in [6.07, 6.45) is 0.371. The molecule has 1 aliphatic heterocycles. The molecule has 1 saturated heterocycles. The zero-order valence-corrected chi connectivity index (χ0v) is 17.6. The molecule has 170 valence electrons. The maximum Gasteiger partial charge on any atom is 0.325 e. The van der Waals surface area contributed by atoms with Crippen molar-refractivity contribution in [3.63, 3.8) is 0 Å². The molecule has 31 heavy (non-hydrogen) atoms. The standard InChI is InChI=1S/C21H30N4O6/c1-12(21(30)31)23-19(28)16(11-14-7-4-3-5-8-14)24-20(29)17(13(2)26)25-18(27)15-9-6-10-22-15/h3-5,7-8,12-13,15-17,22,26H,6,9-11H2,1-2H3,(H,23,28)(H,24,29)(H,25,27)(H,30,31). The second-order valence-corrected chi connectivity index (χ2v) is 7.70. The van der Waals surface area contributed by atoms with E-state index in [1.807, 2.05) is 0 Å². The van der Waals surface area contributed by atoms with Gasteiger partial charge in [-0.15, -0.1) is 0 Å². The first-order valence-corrected chi connectivity index (χ1v) is 10.3. The Morgan fingerprint density at radius 3 is 2.29 bits per heavy atom. The van der Waals surface area contributed by atoms with Gasteiger partial charge in [0.05, 0.1) is 12.1 Å². The van der Waals surface area contributed by atoms with Gasteiger partial charge < -0.3 is 31.5 Å². The summed E-state index contributed by atoms with van der Waals surface area (Å²) in [6.45, 7) is 3.38. The summed E-state index contributed by atoms with van der Waals surface area (Å²) in [4.78, 5) is 49.0. The molecular weight excluding hydrogens is 404 g/mol. The largest absolute Gasteiger partial charge is 0.480 e. The number of benzene rings is 1. The number of hydrogen-bond donors (Lipinski definition) is 6. The molecule has 1 aromatic rings. The van der Waals surface area contributed by atoms with Crippen LogP contribution in [0.4, 0.5) is 0 Å². The lowest BCUT2D eigenvalue weighted by Gasteiger charge is -2.26. The number of carboxylic acids is 1. The molecule has 5 atom stereocenters. The van der Waals surface area contributed by atoms with Crippen LogP contribution in [0.5, 0.6) is 0 Å². The van der Waals surface area contributed by atoms with Crippen LogP contribution in [0.15, 0.2) is 30.3 Å². The molecule has 1 aliphatic rings. The predicted octanol–water partition coefficient (Wildman–Crippen LogP) is -1.08. The molecule has 3 amide bonds. The number of nitrogens with one attached hydrogen (secondary N) is 4. The van der Waals surface area contributed by atoms with Crippen LogP contribution in [-0.4, -0.2) is 70.7 Å². The zero-order valence-electron chi connectivity index (χ0n) is 17.6. The van der Waals surface area contributed by atoms with Gasteiger partial charge in [0.15, 0.2) is 0 Å². The van der Waals surface area contributed by atoms with Gasteiger partial charge in [-0.25, -0.2) is 0 Å². The van der Waals surface area contributed by atoms with Crippen LogP contribution in [0, 0.1) is 0 Å². The van der Waals surface area contributed by atoms with Crippen molar-refractivity contribution in [2.45, 2.75) is 63.4 Å². The summed E-state index contributed by atoms with van der Waals surface area (Å²) in [5.41, 5.74) is 0.749. The summed E-state index contributed by atoms with van der Waals surface area (Å²) in [6, 6.07) is 4.95. The van der Waals surface area contributed by atoms with E-state index in [0.717, 1.165) is 12.0 Å². The monoisotopic (exact) mass is 434 g/mol. The van der Waals surface area contributed by atoms with Gasteiger partial charge in [0.1, 0.15) is 18.1 Å². The Hall–Kier alpha value is -2.98. The van der Waals surface area contributed by atoms with E-state index in [-0.39, 0.29) is 6.42 Å². The van der Waals surface area contributed by atoms with Crippen LogP contribution in [0.3, 0.4) is 0 Å². The summed E-state index contributed by atoms with van der Waals surface area (Å²) in [7, 11) is 0. The Kier molecular flexibility index (Phi) is 8.95. The van der Waals surface area contributed by atoms with Crippen LogP contribution < -0.4 is 21.3 Å². The van der Waals surface area contributed by atoms with Gasteiger partial charge in [0.2, 0.25) is 17.7 Å². The smallest absolute Gasteiger partial charge is 0.325 e. The number of aliphatic carboxylic acids is 1. The molecule has 1 fully saturated rings. The number of hydrogen-bond acceptors (Lipinski definition) is 6. The number of aliphatic hydroxyl groups excluding tert-OH is 1. The van der Waals surface area contributed by atoms with Crippen molar-refractivity contribution < 1.29 is 29.4 Å². The molecule has 0 radical (unpaired) electrons. The van der Waals surface area contributed by atoms with E-state index < -0.39 is 54.0 Å². The lowest BCUT2D eigenvalue weighted by atomic mass is 10.0. The lowest BCUT2D eigenvalue weighted by molar-refractivity contribution is -0.142. The Morgan fingerprint density at radius 2 is 1.74 bits per heavy atom. The van der Waals surface area contributed by atoms with E-state index in [0.29, 0.717) is 13.0 Å². The average Bonchev–Trinajstić information content (AvgIpc) is 3.26. The zero-order chi connectivity index (χ0) is 23.0. The van der Waals surface area contributed by atoms with Gasteiger partial charge in [-0.2, -0.15) is 0 Å². The van der Waals surface area contributed by atoms with Crippen LogP contribution in [-0.2, 0) is 25.6 Å². The normalized spacial score (nSPS) is 19.5. The summed E-state index contributed by atoms with van der Waals surface area (Å²) >= 11 is 0. The SMILES string of the molecule is CC(NC(=O)C(Cc1ccccc1)NC(=O)C(NC(=O)C1CCCN1)C(C)O)C(=O)O. The van der Waals surface area contributed by atoms with E-state index >= 15 is 0 Å². The predicted molar refractivity (Wildman–Crippen MR) is 112 cm³/mol. The van der Waals surface area contributed by atoms with Crippen LogP contribution in [0.2, 0.25) is 0 Å². The van der Waals surface area contributed by atoms with E-state index in [4.69, 9.17) is 5.11 Å². The Balaban J connectivity index is 2.13. The topological polar surface area (TPSA) is 157 Å². The molecule has 0 bridgehead atoms. The lowest BCUT2D eigenvalue weighted by Crippen LogP contribution is -2.60. The van der Waals surface area contributed by atoms with Crippen molar-refractivity contribution in [3.8, 4) is 0 Å². The molecule has 10 nitrogen and oxygen atoms in total. The van der Waals surface area contributed by atoms with Crippen LogP contribution in [0.1, 0.15) is 32.3 Å². The molecule has 5 unspecified atom stereocenters.